The van der Waals surface area contributed by atoms with Crippen LogP contribution in [0.5, 0.6) is 0 Å². The van der Waals surface area contributed by atoms with E-state index in [0.29, 0.717) is 26.1 Å². The van der Waals surface area contributed by atoms with Crippen LogP contribution in [-0.2, 0) is 20.9 Å². The van der Waals surface area contributed by atoms with Gasteiger partial charge in [-0.15, -0.1) is 0 Å². The largest absolute Gasteiger partial charge is 0.466 e. The number of likely N-dealkylation sites (tertiary alicyclic amines) is 1. The third kappa shape index (κ3) is 6.55. The molecule has 1 aliphatic rings. The van der Waals surface area contributed by atoms with Crippen molar-refractivity contribution in [3.05, 3.63) is 29.8 Å². The fourth-order valence-electron chi connectivity index (χ4n) is 3.35. The molecule has 0 radical (unpaired) electrons. The molecule has 154 valence electrons. The summed E-state index contributed by atoms with van der Waals surface area (Å²) in [5, 5.41) is 6.28. The first-order valence-corrected chi connectivity index (χ1v) is 10.1. The van der Waals surface area contributed by atoms with Crippen molar-refractivity contribution in [3.8, 4) is 0 Å². The quantitative estimate of drug-likeness (QED) is 0.426. The smallest absolute Gasteiger partial charge is 0.310 e. The number of guanidine groups is 1. The molecule has 1 unspecified atom stereocenters. The Labute approximate surface area is 167 Å². The predicted octanol–water partition coefficient (Wildman–Crippen LogP) is 2.78. The Morgan fingerprint density at radius 3 is 2.86 bits per heavy atom. The van der Waals surface area contributed by atoms with E-state index in [-0.39, 0.29) is 17.8 Å². The van der Waals surface area contributed by atoms with Gasteiger partial charge in [0.15, 0.2) is 5.96 Å². The molecule has 1 atom stereocenters. The zero-order chi connectivity index (χ0) is 20.4. The number of aliphatic imine (C=N–C) groups is 1. The fourth-order valence-corrected chi connectivity index (χ4v) is 3.35. The molecule has 0 aliphatic carbocycles. The minimum atomic E-state index is -0.127. The Morgan fingerprint density at radius 2 is 2.14 bits per heavy atom. The predicted molar refractivity (Wildman–Crippen MR) is 111 cm³/mol. The number of esters is 1. The number of piperidine rings is 1. The summed E-state index contributed by atoms with van der Waals surface area (Å²) in [5.74, 6) is 0.568. The highest BCUT2D eigenvalue weighted by atomic mass is 16.5. The molecule has 2 N–H and O–H groups in total. The Morgan fingerprint density at radius 1 is 1.32 bits per heavy atom. The molecule has 28 heavy (non-hydrogen) atoms. The highest BCUT2D eigenvalue weighted by Crippen LogP contribution is 2.18. The van der Waals surface area contributed by atoms with Gasteiger partial charge < -0.3 is 20.3 Å². The van der Waals surface area contributed by atoms with Gasteiger partial charge in [0.1, 0.15) is 0 Å². The number of rotatable bonds is 7. The van der Waals surface area contributed by atoms with Crippen LogP contribution in [0, 0.1) is 5.92 Å². The molecule has 7 heteroatoms. The van der Waals surface area contributed by atoms with E-state index in [9.17, 15) is 9.59 Å². The van der Waals surface area contributed by atoms with E-state index in [0.717, 1.165) is 43.0 Å². The van der Waals surface area contributed by atoms with E-state index in [2.05, 4.69) is 20.5 Å². The molecule has 1 aromatic rings. The zero-order valence-corrected chi connectivity index (χ0v) is 17.2. The van der Waals surface area contributed by atoms with Gasteiger partial charge in [0, 0.05) is 38.8 Å². The third-order valence-electron chi connectivity index (χ3n) is 4.69. The average molecular weight is 389 g/mol. The number of carbonyl (C=O) groups is 2. The molecule has 7 nitrogen and oxygen atoms in total. The van der Waals surface area contributed by atoms with Crippen molar-refractivity contribution >= 4 is 23.5 Å². The summed E-state index contributed by atoms with van der Waals surface area (Å²) in [5.41, 5.74) is 1.85. The number of hydrogen-bond donors (Lipinski definition) is 2. The van der Waals surface area contributed by atoms with Crippen LogP contribution < -0.4 is 10.6 Å². The van der Waals surface area contributed by atoms with E-state index in [1.54, 1.807) is 7.05 Å². The second-order valence-electron chi connectivity index (χ2n) is 6.94. The van der Waals surface area contributed by atoms with Gasteiger partial charge in [0.2, 0.25) is 5.91 Å². The number of anilines is 1. The van der Waals surface area contributed by atoms with Crippen LogP contribution in [0.4, 0.5) is 5.69 Å². The zero-order valence-electron chi connectivity index (χ0n) is 17.2. The molecule has 1 aromatic carbocycles. The van der Waals surface area contributed by atoms with Crippen molar-refractivity contribution in [1.82, 2.24) is 10.2 Å². The molecule has 1 heterocycles. The monoisotopic (exact) mass is 388 g/mol. The summed E-state index contributed by atoms with van der Waals surface area (Å²) in [7, 11) is 1.75. The molecule has 0 aromatic heterocycles. The van der Waals surface area contributed by atoms with E-state index < -0.39 is 0 Å². The van der Waals surface area contributed by atoms with E-state index in [1.165, 1.54) is 0 Å². The van der Waals surface area contributed by atoms with E-state index in [1.807, 2.05) is 38.1 Å². The lowest BCUT2D eigenvalue weighted by Crippen LogP contribution is -2.48. The molecule has 2 rings (SSSR count). The van der Waals surface area contributed by atoms with Crippen molar-refractivity contribution in [2.24, 2.45) is 10.9 Å². The van der Waals surface area contributed by atoms with Crippen LogP contribution >= 0.6 is 0 Å². The lowest BCUT2D eigenvalue weighted by Gasteiger charge is -2.34. The minimum Gasteiger partial charge on any atom is -0.466 e. The van der Waals surface area contributed by atoms with Crippen molar-refractivity contribution in [3.63, 3.8) is 0 Å². The van der Waals surface area contributed by atoms with Gasteiger partial charge >= 0.3 is 5.97 Å². The maximum Gasteiger partial charge on any atom is 0.310 e. The standard InChI is InChI=1S/C21H32N4O3/c1-4-8-19(26)24-18-11-6-9-16(13-18)14-23-21(22-3)25-12-7-10-17(15-25)20(27)28-5-2/h6,9,11,13,17H,4-5,7-8,10,12,14-15H2,1-3H3,(H,22,23)(H,24,26). The number of carbonyl (C=O) groups excluding carboxylic acids is 2. The molecule has 1 fully saturated rings. The summed E-state index contributed by atoms with van der Waals surface area (Å²) in [4.78, 5) is 30.3. The second kappa shape index (κ2) is 11.3. The van der Waals surface area contributed by atoms with Gasteiger partial charge in [-0.1, -0.05) is 19.1 Å². The SMILES string of the molecule is CCCC(=O)Nc1cccc(CNC(=NC)N2CCCC(C(=O)OCC)C2)c1. The van der Waals surface area contributed by atoms with E-state index in [4.69, 9.17) is 4.74 Å². The lowest BCUT2D eigenvalue weighted by molar-refractivity contribution is -0.149. The number of hydrogen-bond acceptors (Lipinski definition) is 4. The highest BCUT2D eigenvalue weighted by molar-refractivity contribution is 5.90. The van der Waals surface area contributed by atoms with Gasteiger partial charge in [-0.25, -0.2) is 0 Å². The average Bonchev–Trinajstić information content (AvgIpc) is 2.69. The van der Waals surface area contributed by atoms with Gasteiger partial charge in [0.05, 0.1) is 12.5 Å². The summed E-state index contributed by atoms with van der Waals surface area (Å²) in [6.07, 6.45) is 3.13. The number of benzene rings is 1. The van der Waals surface area contributed by atoms with E-state index >= 15 is 0 Å². The first kappa shape index (κ1) is 21.7. The molecule has 0 saturated carbocycles. The highest BCUT2D eigenvalue weighted by Gasteiger charge is 2.28. The van der Waals surface area contributed by atoms with Crippen LogP contribution in [-0.4, -0.2) is 49.5 Å². The lowest BCUT2D eigenvalue weighted by atomic mass is 9.98. The molecule has 0 bridgehead atoms. The van der Waals surface area contributed by atoms with Crippen LogP contribution in [0.2, 0.25) is 0 Å². The molecular formula is C21H32N4O3. The van der Waals surface area contributed by atoms with Crippen LogP contribution in [0.3, 0.4) is 0 Å². The Kier molecular flexibility index (Phi) is 8.78. The molecule has 1 aliphatic heterocycles. The minimum absolute atomic E-state index is 0.0294. The van der Waals surface area contributed by atoms with Crippen LogP contribution in [0.25, 0.3) is 0 Å². The van der Waals surface area contributed by atoms with Gasteiger partial charge in [-0.2, -0.15) is 0 Å². The van der Waals surface area contributed by atoms with Crippen molar-refractivity contribution in [1.29, 1.82) is 0 Å². The summed E-state index contributed by atoms with van der Waals surface area (Å²) in [6, 6.07) is 7.79. The second-order valence-corrected chi connectivity index (χ2v) is 6.94. The first-order valence-electron chi connectivity index (χ1n) is 10.1. The fraction of sp³-hybridized carbons (Fsp3) is 0.571. The Balaban J connectivity index is 1.93. The normalized spacial score (nSPS) is 17.2. The number of nitrogens with one attached hydrogen (secondary N) is 2. The van der Waals surface area contributed by atoms with Crippen LogP contribution in [0.1, 0.15) is 45.1 Å². The summed E-state index contributed by atoms with van der Waals surface area (Å²) < 4.78 is 5.17. The summed E-state index contributed by atoms with van der Waals surface area (Å²) in [6.45, 7) is 6.29. The molecular weight excluding hydrogens is 356 g/mol. The number of ether oxygens (including phenoxy) is 1. The molecule has 1 saturated heterocycles. The van der Waals surface area contributed by atoms with Crippen molar-refractivity contribution in [2.45, 2.75) is 46.1 Å². The maximum absolute atomic E-state index is 12.1. The summed E-state index contributed by atoms with van der Waals surface area (Å²) >= 11 is 0. The Hall–Kier alpha value is -2.57. The third-order valence-corrected chi connectivity index (χ3v) is 4.69. The number of nitrogens with zero attached hydrogens (tertiary/aromatic N) is 2. The first-order chi connectivity index (χ1) is 13.6. The maximum atomic E-state index is 12.1. The van der Waals surface area contributed by atoms with Gasteiger partial charge in [0.25, 0.3) is 0 Å². The van der Waals surface area contributed by atoms with Crippen molar-refractivity contribution < 1.29 is 14.3 Å². The van der Waals surface area contributed by atoms with Gasteiger partial charge in [-0.05, 0) is 43.9 Å². The van der Waals surface area contributed by atoms with Gasteiger partial charge in [-0.3, -0.25) is 14.6 Å². The topological polar surface area (TPSA) is 83.0 Å². The Bertz CT molecular complexity index is 690. The molecule has 0 spiro atoms. The molecule has 1 amide bonds. The van der Waals surface area contributed by atoms with Crippen LogP contribution in [0.15, 0.2) is 29.3 Å². The van der Waals surface area contributed by atoms with Crippen molar-refractivity contribution in [2.75, 3.05) is 32.1 Å². The number of amides is 1.